The van der Waals surface area contributed by atoms with Crippen molar-refractivity contribution in [2.24, 2.45) is 5.92 Å². The lowest BCUT2D eigenvalue weighted by Gasteiger charge is -2.30. The minimum atomic E-state index is -0.498. The van der Waals surface area contributed by atoms with E-state index >= 15 is 0 Å². The van der Waals surface area contributed by atoms with Gasteiger partial charge in [-0.15, -0.1) is 0 Å². The second kappa shape index (κ2) is 4.67. The molecule has 2 N–H and O–H groups in total. The number of rotatable bonds is 2. The zero-order valence-corrected chi connectivity index (χ0v) is 12.0. The third-order valence-electron chi connectivity index (χ3n) is 4.90. The van der Waals surface area contributed by atoms with Gasteiger partial charge in [-0.2, -0.15) is 5.48 Å². The molecule has 0 saturated carbocycles. The maximum absolute atomic E-state index is 10.1. The summed E-state index contributed by atoms with van der Waals surface area (Å²) in [6, 6.07) is 18.9. The molecule has 2 aliphatic rings. The molecule has 3 nitrogen and oxygen atoms in total. The largest absolute Gasteiger partial charge is 0.391 e. The number of hydrogen-bond acceptors (Lipinski definition) is 3. The first-order valence-corrected chi connectivity index (χ1v) is 7.48. The summed E-state index contributed by atoms with van der Waals surface area (Å²) in [6.45, 7) is 1.80. The average Bonchev–Trinajstić information content (AvgIpc) is 3.03. The molecule has 108 valence electrons. The molecule has 1 aliphatic carbocycles. The topological polar surface area (TPSA) is 41.5 Å². The Morgan fingerprint density at radius 3 is 2.62 bits per heavy atom. The number of aliphatic hydroxyl groups is 1. The van der Waals surface area contributed by atoms with Gasteiger partial charge < -0.3 is 5.11 Å². The molecule has 2 aromatic carbocycles. The molecular weight excluding hydrogens is 262 g/mol. The van der Waals surface area contributed by atoms with Crippen LogP contribution in [-0.2, 0) is 16.8 Å². The second-order valence-electron chi connectivity index (χ2n) is 6.07. The number of aliphatic hydroxyl groups excluding tert-OH is 1. The van der Waals surface area contributed by atoms with Crippen molar-refractivity contribution in [3.63, 3.8) is 0 Å². The molecule has 0 bridgehead atoms. The standard InChI is InChI=1S/C18H19NO2/c1-12(20)17-16-11-13-7-5-6-10-15(13)18(16,19-21-17)14-8-3-2-4-9-14/h2-10,12,16-17,19-20H,11H2,1H3/t12-,16+,17+,18+/m1/s1. The van der Waals surface area contributed by atoms with Gasteiger partial charge in [0.2, 0.25) is 0 Å². The molecule has 0 radical (unpaired) electrons. The van der Waals surface area contributed by atoms with Crippen LogP contribution in [0.15, 0.2) is 54.6 Å². The van der Waals surface area contributed by atoms with Crippen LogP contribution < -0.4 is 5.48 Å². The normalized spacial score (nSPS) is 31.7. The summed E-state index contributed by atoms with van der Waals surface area (Å²) < 4.78 is 0. The first-order valence-electron chi connectivity index (χ1n) is 7.48. The van der Waals surface area contributed by atoms with Crippen molar-refractivity contribution in [1.29, 1.82) is 0 Å². The number of benzene rings is 2. The van der Waals surface area contributed by atoms with Crippen LogP contribution in [0.25, 0.3) is 0 Å². The van der Waals surface area contributed by atoms with Gasteiger partial charge in [0.25, 0.3) is 0 Å². The van der Waals surface area contributed by atoms with Crippen molar-refractivity contribution in [2.75, 3.05) is 0 Å². The van der Waals surface area contributed by atoms with E-state index in [1.165, 1.54) is 16.7 Å². The molecule has 0 amide bonds. The van der Waals surface area contributed by atoms with E-state index in [1.807, 2.05) is 6.07 Å². The summed E-state index contributed by atoms with van der Waals surface area (Å²) in [6.07, 6.45) is 0.230. The molecule has 4 atom stereocenters. The van der Waals surface area contributed by atoms with Gasteiger partial charge in [0, 0.05) is 5.92 Å². The fourth-order valence-electron chi connectivity index (χ4n) is 3.97. The quantitative estimate of drug-likeness (QED) is 0.888. The zero-order chi connectivity index (χ0) is 14.4. The molecule has 1 heterocycles. The van der Waals surface area contributed by atoms with Gasteiger partial charge in [0.1, 0.15) is 6.10 Å². The van der Waals surface area contributed by atoms with Gasteiger partial charge in [0.15, 0.2) is 0 Å². The lowest BCUT2D eigenvalue weighted by Crippen LogP contribution is -2.41. The number of fused-ring (bicyclic) bond motifs is 3. The summed E-state index contributed by atoms with van der Waals surface area (Å²) in [4.78, 5) is 5.80. The third kappa shape index (κ3) is 1.72. The van der Waals surface area contributed by atoms with Crippen molar-refractivity contribution < 1.29 is 9.94 Å². The van der Waals surface area contributed by atoms with Crippen LogP contribution in [0.1, 0.15) is 23.6 Å². The summed E-state index contributed by atoms with van der Waals surface area (Å²) in [5, 5.41) is 10.1. The highest BCUT2D eigenvalue weighted by Crippen LogP contribution is 2.51. The van der Waals surface area contributed by atoms with Gasteiger partial charge in [-0.05, 0) is 30.0 Å². The Kier molecular flexibility index (Phi) is 2.89. The molecule has 2 aromatic rings. The number of hydroxylamine groups is 1. The molecule has 4 rings (SSSR count). The van der Waals surface area contributed by atoms with E-state index in [1.54, 1.807) is 6.92 Å². The smallest absolute Gasteiger partial charge is 0.110 e. The number of nitrogens with one attached hydrogen (secondary N) is 1. The predicted molar refractivity (Wildman–Crippen MR) is 80.5 cm³/mol. The lowest BCUT2D eigenvalue weighted by atomic mass is 9.76. The average molecular weight is 281 g/mol. The molecule has 3 heteroatoms. The molecule has 0 aromatic heterocycles. The predicted octanol–water partition coefficient (Wildman–Crippen LogP) is 2.39. The van der Waals surface area contributed by atoms with Gasteiger partial charge in [-0.25, -0.2) is 0 Å². The molecule has 0 unspecified atom stereocenters. The number of hydrogen-bond donors (Lipinski definition) is 2. The van der Waals surface area contributed by atoms with Crippen LogP contribution in [-0.4, -0.2) is 17.3 Å². The molecule has 21 heavy (non-hydrogen) atoms. The van der Waals surface area contributed by atoms with Crippen LogP contribution in [0.3, 0.4) is 0 Å². The summed E-state index contributed by atoms with van der Waals surface area (Å²) in [7, 11) is 0. The Balaban J connectivity index is 1.92. The molecule has 0 spiro atoms. The maximum atomic E-state index is 10.1. The van der Waals surface area contributed by atoms with E-state index in [0.717, 1.165) is 6.42 Å². The van der Waals surface area contributed by atoms with Crippen LogP contribution in [0.4, 0.5) is 0 Å². The van der Waals surface area contributed by atoms with E-state index in [4.69, 9.17) is 4.84 Å². The van der Waals surface area contributed by atoms with Gasteiger partial charge >= 0.3 is 0 Å². The van der Waals surface area contributed by atoms with Crippen molar-refractivity contribution in [3.05, 3.63) is 71.3 Å². The first kappa shape index (κ1) is 13.0. The summed E-state index contributed by atoms with van der Waals surface area (Å²) >= 11 is 0. The van der Waals surface area contributed by atoms with E-state index in [9.17, 15) is 5.11 Å². The Morgan fingerprint density at radius 1 is 1.14 bits per heavy atom. The minimum absolute atomic E-state index is 0.197. The Hall–Kier alpha value is -1.68. The van der Waals surface area contributed by atoms with Crippen LogP contribution >= 0.6 is 0 Å². The molecule has 1 aliphatic heterocycles. The third-order valence-corrected chi connectivity index (χ3v) is 4.90. The fourth-order valence-corrected chi connectivity index (χ4v) is 3.97. The summed E-state index contributed by atoms with van der Waals surface area (Å²) in [5.74, 6) is 0.206. The van der Waals surface area contributed by atoms with Crippen LogP contribution in [0, 0.1) is 5.92 Å². The first-order chi connectivity index (χ1) is 10.2. The van der Waals surface area contributed by atoms with E-state index in [2.05, 4.69) is 54.0 Å². The highest BCUT2D eigenvalue weighted by atomic mass is 16.7. The van der Waals surface area contributed by atoms with Crippen LogP contribution in [0.5, 0.6) is 0 Å². The maximum Gasteiger partial charge on any atom is 0.110 e. The van der Waals surface area contributed by atoms with Gasteiger partial charge in [-0.1, -0.05) is 54.6 Å². The van der Waals surface area contributed by atoms with E-state index in [0.29, 0.717) is 0 Å². The lowest BCUT2D eigenvalue weighted by molar-refractivity contribution is -0.0519. The Bertz CT molecular complexity index is 655. The van der Waals surface area contributed by atoms with Crippen molar-refractivity contribution in [2.45, 2.75) is 31.1 Å². The fraction of sp³-hybridized carbons (Fsp3) is 0.333. The van der Waals surface area contributed by atoms with Crippen molar-refractivity contribution in [1.82, 2.24) is 5.48 Å². The Morgan fingerprint density at radius 2 is 1.86 bits per heavy atom. The highest BCUT2D eigenvalue weighted by molar-refractivity contribution is 5.49. The molecule has 1 saturated heterocycles. The van der Waals surface area contributed by atoms with E-state index in [-0.39, 0.29) is 17.6 Å². The zero-order valence-electron chi connectivity index (χ0n) is 12.0. The molecular formula is C18H19NO2. The van der Waals surface area contributed by atoms with Gasteiger partial charge in [-0.3, -0.25) is 4.84 Å². The second-order valence-corrected chi connectivity index (χ2v) is 6.07. The SMILES string of the molecule is C[C@@H](O)[C@@H]1ON[C@@]2(c3ccccc3)c3ccccc3C[C@@H]12. The van der Waals surface area contributed by atoms with Gasteiger partial charge in [0.05, 0.1) is 11.6 Å². The highest BCUT2D eigenvalue weighted by Gasteiger charge is 2.57. The van der Waals surface area contributed by atoms with Crippen molar-refractivity contribution >= 4 is 0 Å². The Labute approximate surface area is 124 Å². The monoisotopic (exact) mass is 281 g/mol. The molecule has 1 fully saturated rings. The minimum Gasteiger partial charge on any atom is -0.391 e. The van der Waals surface area contributed by atoms with Crippen molar-refractivity contribution in [3.8, 4) is 0 Å². The van der Waals surface area contributed by atoms with E-state index < -0.39 is 6.10 Å². The summed E-state index contributed by atoms with van der Waals surface area (Å²) in [5.41, 5.74) is 6.73. The van der Waals surface area contributed by atoms with Crippen LogP contribution in [0.2, 0.25) is 0 Å².